The van der Waals surface area contributed by atoms with Crippen LogP contribution in [0, 0.1) is 0 Å². The average Bonchev–Trinajstić information content (AvgIpc) is 3.08. The molecule has 0 radical (unpaired) electrons. The maximum absolute atomic E-state index is 13.5. The lowest BCUT2D eigenvalue weighted by Gasteiger charge is -2.30. The zero-order valence-electron chi connectivity index (χ0n) is 17.8. The van der Waals surface area contributed by atoms with Gasteiger partial charge in [-0.15, -0.1) is 0 Å². The third kappa shape index (κ3) is 3.53. The molecule has 4 heterocycles. The summed E-state index contributed by atoms with van der Waals surface area (Å²) in [6, 6.07) is 13.8. The summed E-state index contributed by atoms with van der Waals surface area (Å²) < 4.78 is 2.04. The van der Waals surface area contributed by atoms with Gasteiger partial charge in [0.15, 0.2) is 0 Å². The van der Waals surface area contributed by atoms with E-state index in [9.17, 15) is 9.59 Å². The zero-order valence-corrected chi connectivity index (χ0v) is 19.4. The fourth-order valence-electron chi connectivity index (χ4n) is 4.19. The second-order valence-electron chi connectivity index (χ2n) is 8.17. The van der Waals surface area contributed by atoms with Gasteiger partial charge in [-0.2, -0.15) is 0 Å². The Hall–Kier alpha value is -2.97. The van der Waals surface area contributed by atoms with Crippen molar-refractivity contribution in [2.75, 3.05) is 11.4 Å². The predicted octanol–water partition coefficient (Wildman–Crippen LogP) is 3.87. The molecule has 2 aliphatic rings. The van der Waals surface area contributed by atoms with Crippen molar-refractivity contribution in [3.63, 3.8) is 0 Å². The van der Waals surface area contributed by atoms with Gasteiger partial charge in [0, 0.05) is 25.3 Å². The van der Waals surface area contributed by atoms with Gasteiger partial charge in [0.25, 0.3) is 11.5 Å². The molecule has 1 amide bonds. The number of aromatic nitrogens is 2. The van der Waals surface area contributed by atoms with E-state index in [0.717, 1.165) is 13.0 Å². The summed E-state index contributed by atoms with van der Waals surface area (Å²) in [5.41, 5.74) is 3.35. The Morgan fingerprint density at radius 2 is 1.84 bits per heavy atom. The topological polar surface area (TPSA) is 57.9 Å². The van der Waals surface area contributed by atoms with Gasteiger partial charge in [-0.05, 0) is 49.6 Å². The van der Waals surface area contributed by atoms with E-state index in [4.69, 9.17) is 17.2 Å². The Balaban J connectivity index is 1.66. The number of rotatable bonds is 3. The van der Waals surface area contributed by atoms with E-state index in [2.05, 4.69) is 23.1 Å². The summed E-state index contributed by atoms with van der Waals surface area (Å²) in [5.74, 6) is 0.438. The van der Waals surface area contributed by atoms with Gasteiger partial charge in [0.05, 0.1) is 10.5 Å². The maximum Gasteiger partial charge on any atom is 0.267 e. The number of carbonyl (C=O) groups excluding carboxylic acids is 1. The van der Waals surface area contributed by atoms with Crippen molar-refractivity contribution in [3.8, 4) is 0 Å². The molecule has 0 N–H and O–H groups in total. The van der Waals surface area contributed by atoms with Gasteiger partial charge < -0.3 is 4.90 Å². The van der Waals surface area contributed by atoms with Crippen LogP contribution < -0.4 is 10.5 Å². The number of thiocarbonyl (C=S) groups is 1. The second-order valence-corrected chi connectivity index (χ2v) is 9.84. The summed E-state index contributed by atoms with van der Waals surface area (Å²) in [7, 11) is 0. The predicted molar refractivity (Wildman–Crippen MR) is 133 cm³/mol. The summed E-state index contributed by atoms with van der Waals surface area (Å²) in [4.78, 5) is 35.5. The molecule has 0 unspecified atom stereocenters. The molecule has 1 fully saturated rings. The molecule has 8 heteroatoms. The molecule has 2 aromatic heterocycles. The first-order valence-electron chi connectivity index (χ1n) is 10.5. The van der Waals surface area contributed by atoms with Crippen molar-refractivity contribution in [1.82, 2.24) is 14.3 Å². The Kier molecular flexibility index (Phi) is 5.35. The first-order chi connectivity index (χ1) is 15.4. The van der Waals surface area contributed by atoms with Gasteiger partial charge in [-0.1, -0.05) is 54.3 Å². The van der Waals surface area contributed by atoms with Crippen molar-refractivity contribution in [2.45, 2.75) is 32.9 Å². The van der Waals surface area contributed by atoms with Crippen molar-refractivity contribution < 1.29 is 4.79 Å². The number of hydrogen-bond acceptors (Lipinski definition) is 6. The van der Waals surface area contributed by atoms with E-state index in [1.165, 1.54) is 27.3 Å². The van der Waals surface area contributed by atoms with Crippen LogP contribution in [-0.4, -0.2) is 37.1 Å². The first-order valence-corrected chi connectivity index (χ1v) is 11.8. The first kappa shape index (κ1) is 20.9. The Bertz CT molecular complexity index is 1350. The van der Waals surface area contributed by atoms with Crippen LogP contribution in [0.15, 0.2) is 58.4 Å². The third-order valence-electron chi connectivity index (χ3n) is 5.79. The van der Waals surface area contributed by atoms with E-state index >= 15 is 0 Å². The average molecular weight is 463 g/mol. The molecular weight excluding hydrogens is 440 g/mol. The van der Waals surface area contributed by atoms with Crippen molar-refractivity contribution in [2.24, 2.45) is 0 Å². The summed E-state index contributed by atoms with van der Waals surface area (Å²) in [5, 5.41) is 0. The molecule has 0 aliphatic carbocycles. The highest BCUT2D eigenvalue weighted by atomic mass is 32.2. The minimum atomic E-state index is -0.195. The number of pyridine rings is 1. The zero-order chi connectivity index (χ0) is 22.4. The van der Waals surface area contributed by atoms with Gasteiger partial charge in [0.2, 0.25) is 0 Å². The number of fused-ring (bicyclic) bond motifs is 2. The number of anilines is 1. The molecule has 162 valence electrons. The van der Waals surface area contributed by atoms with Crippen LogP contribution in [0.2, 0.25) is 0 Å². The Morgan fingerprint density at radius 1 is 1.09 bits per heavy atom. The molecule has 0 bridgehead atoms. The van der Waals surface area contributed by atoms with Crippen molar-refractivity contribution >= 4 is 51.7 Å². The summed E-state index contributed by atoms with van der Waals surface area (Å²) >= 11 is 6.65. The van der Waals surface area contributed by atoms with Crippen LogP contribution in [0.3, 0.4) is 0 Å². The van der Waals surface area contributed by atoms with E-state index in [0.29, 0.717) is 32.8 Å². The molecule has 0 atom stereocenters. The molecule has 0 spiro atoms. The molecule has 0 saturated carbocycles. The van der Waals surface area contributed by atoms with Gasteiger partial charge in [-0.25, -0.2) is 4.98 Å². The van der Waals surface area contributed by atoms with Crippen LogP contribution in [0.4, 0.5) is 5.82 Å². The van der Waals surface area contributed by atoms with Gasteiger partial charge in [0.1, 0.15) is 15.8 Å². The highest BCUT2D eigenvalue weighted by molar-refractivity contribution is 8.26. The van der Waals surface area contributed by atoms with Crippen LogP contribution in [0.25, 0.3) is 11.7 Å². The van der Waals surface area contributed by atoms with Crippen molar-refractivity contribution in [3.05, 3.63) is 80.6 Å². The lowest BCUT2D eigenvalue weighted by atomic mass is 9.99. The summed E-state index contributed by atoms with van der Waals surface area (Å²) in [6.45, 7) is 5.27. The maximum atomic E-state index is 13.5. The third-order valence-corrected chi connectivity index (χ3v) is 7.12. The second kappa shape index (κ2) is 8.18. The minimum Gasteiger partial charge on any atom is -0.351 e. The van der Waals surface area contributed by atoms with Crippen LogP contribution in [-0.2, 0) is 17.8 Å². The van der Waals surface area contributed by atoms with E-state index < -0.39 is 0 Å². The molecule has 32 heavy (non-hydrogen) atoms. The number of benzene rings is 1. The molecule has 2 aliphatic heterocycles. The lowest BCUT2D eigenvalue weighted by Crippen LogP contribution is -2.35. The number of thioether (sulfide) groups is 1. The van der Waals surface area contributed by atoms with Gasteiger partial charge in [-0.3, -0.25) is 18.9 Å². The van der Waals surface area contributed by atoms with E-state index in [-0.39, 0.29) is 17.5 Å². The molecule has 1 aromatic carbocycles. The standard InChI is InChI=1S/C24H22N4O2S2/c1-15(2)28-23(30)19(32-24(28)31)13-18-21(25-20-9-5-6-11-27(20)22(18)29)26-12-10-16-7-3-4-8-17(16)14-26/h3-9,11,13,15H,10,12,14H2,1-2H3/b19-13+. The molecule has 6 nitrogen and oxygen atoms in total. The number of hydrogen-bond donors (Lipinski definition) is 0. The highest BCUT2D eigenvalue weighted by Gasteiger charge is 2.34. The lowest BCUT2D eigenvalue weighted by molar-refractivity contribution is -0.123. The molecule has 3 aromatic rings. The Morgan fingerprint density at radius 3 is 2.59 bits per heavy atom. The molecule has 1 saturated heterocycles. The largest absolute Gasteiger partial charge is 0.351 e. The highest BCUT2D eigenvalue weighted by Crippen LogP contribution is 2.35. The molecular formula is C24H22N4O2S2. The van der Waals surface area contributed by atoms with E-state index in [1.54, 1.807) is 23.2 Å². The fraction of sp³-hybridized carbons (Fsp3) is 0.250. The van der Waals surface area contributed by atoms with Crippen LogP contribution >= 0.6 is 24.0 Å². The van der Waals surface area contributed by atoms with Crippen LogP contribution in [0.5, 0.6) is 0 Å². The van der Waals surface area contributed by atoms with E-state index in [1.807, 2.05) is 32.0 Å². The Labute approximate surface area is 195 Å². The minimum absolute atomic E-state index is 0.0395. The number of nitrogens with zero attached hydrogens (tertiary/aromatic N) is 4. The van der Waals surface area contributed by atoms with Crippen LogP contribution in [0.1, 0.15) is 30.5 Å². The number of amides is 1. The summed E-state index contributed by atoms with van der Waals surface area (Å²) in [6.07, 6.45) is 4.25. The quantitative estimate of drug-likeness (QED) is 0.435. The normalized spacial score (nSPS) is 17.7. The number of carbonyl (C=O) groups is 1. The van der Waals surface area contributed by atoms with Gasteiger partial charge >= 0.3 is 0 Å². The fourth-order valence-corrected chi connectivity index (χ4v) is 5.70. The van der Waals surface area contributed by atoms with Crippen molar-refractivity contribution in [1.29, 1.82) is 0 Å². The molecule has 5 rings (SSSR count). The monoisotopic (exact) mass is 462 g/mol. The smallest absolute Gasteiger partial charge is 0.267 e. The SMILES string of the molecule is CC(C)N1C(=O)/C(=C\c2c(N3CCc4ccccc4C3)nc3ccccn3c2=O)SC1=S.